The summed E-state index contributed by atoms with van der Waals surface area (Å²) >= 11 is 0. The van der Waals surface area contributed by atoms with Crippen LogP contribution >= 0.6 is 0 Å². The molecule has 2 aromatic rings. The Morgan fingerprint density at radius 2 is 2.11 bits per heavy atom. The van der Waals surface area contributed by atoms with Gasteiger partial charge in [0, 0.05) is 23.6 Å². The number of aryl methyl sites for hydroxylation is 1. The second-order valence-electron chi connectivity index (χ2n) is 4.96. The highest BCUT2D eigenvalue weighted by atomic mass is 16.5. The van der Waals surface area contributed by atoms with E-state index >= 15 is 0 Å². The van der Waals surface area contributed by atoms with E-state index in [-0.39, 0.29) is 0 Å². The Morgan fingerprint density at radius 1 is 1.33 bits per heavy atom. The van der Waals surface area contributed by atoms with Crippen molar-refractivity contribution in [1.82, 2.24) is 4.57 Å². The molecular formula is C15H22N2O. The van der Waals surface area contributed by atoms with Crippen LogP contribution in [0.1, 0.15) is 31.7 Å². The van der Waals surface area contributed by atoms with E-state index in [9.17, 15) is 0 Å². The Balaban J connectivity index is 2.53. The number of hydrogen-bond donors (Lipinski definition) is 1. The van der Waals surface area contributed by atoms with E-state index in [2.05, 4.69) is 36.7 Å². The lowest BCUT2D eigenvalue weighted by Gasteiger charge is -2.05. The van der Waals surface area contributed by atoms with Gasteiger partial charge in [0.1, 0.15) is 5.75 Å². The van der Waals surface area contributed by atoms with Crippen molar-refractivity contribution in [2.75, 3.05) is 13.7 Å². The molecule has 0 radical (unpaired) electrons. The number of ether oxygens (including phenoxy) is 1. The summed E-state index contributed by atoms with van der Waals surface area (Å²) < 4.78 is 7.62. The maximum absolute atomic E-state index is 5.60. The van der Waals surface area contributed by atoms with Crippen LogP contribution in [0.2, 0.25) is 0 Å². The first kappa shape index (κ1) is 13.0. The average molecular weight is 246 g/mol. The largest absolute Gasteiger partial charge is 0.497 e. The van der Waals surface area contributed by atoms with Crippen LogP contribution < -0.4 is 10.5 Å². The molecule has 1 heterocycles. The zero-order valence-corrected chi connectivity index (χ0v) is 11.4. The molecule has 0 spiro atoms. The third-order valence-corrected chi connectivity index (χ3v) is 3.34. The van der Waals surface area contributed by atoms with Gasteiger partial charge in [0.25, 0.3) is 0 Å². The molecule has 0 aliphatic heterocycles. The molecule has 3 heteroatoms. The van der Waals surface area contributed by atoms with Crippen LogP contribution in [0.25, 0.3) is 10.9 Å². The number of hydrogen-bond acceptors (Lipinski definition) is 2. The lowest BCUT2D eigenvalue weighted by atomic mass is 10.0. The van der Waals surface area contributed by atoms with Crippen molar-refractivity contribution >= 4 is 10.9 Å². The third-order valence-electron chi connectivity index (χ3n) is 3.34. The van der Waals surface area contributed by atoms with Gasteiger partial charge in [-0.15, -0.1) is 0 Å². The van der Waals surface area contributed by atoms with Gasteiger partial charge in [-0.25, -0.2) is 0 Å². The summed E-state index contributed by atoms with van der Waals surface area (Å²) in [6, 6.07) is 6.28. The van der Waals surface area contributed by atoms with E-state index in [1.807, 2.05) is 6.07 Å². The van der Waals surface area contributed by atoms with Gasteiger partial charge in [0.2, 0.25) is 0 Å². The quantitative estimate of drug-likeness (QED) is 0.880. The predicted molar refractivity (Wildman–Crippen MR) is 76.3 cm³/mol. The van der Waals surface area contributed by atoms with Gasteiger partial charge < -0.3 is 15.0 Å². The SMILES string of the molecule is COc1ccc2c(c1)c(C(C)C)cn2CCCN. The maximum Gasteiger partial charge on any atom is 0.119 e. The van der Waals surface area contributed by atoms with Crippen LogP contribution in [0, 0.1) is 0 Å². The summed E-state index contributed by atoms with van der Waals surface area (Å²) in [5, 5.41) is 1.29. The first-order valence-corrected chi connectivity index (χ1v) is 6.54. The van der Waals surface area contributed by atoms with Gasteiger partial charge >= 0.3 is 0 Å². The number of fused-ring (bicyclic) bond motifs is 1. The van der Waals surface area contributed by atoms with Crippen molar-refractivity contribution in [3.63, 3.8) is 0 Å². The lowest BCUT2D eigenvalue weighted by molar-refractivity contribution is 0.415. The van der Waals surface area contributed by atoms with Crippen molar-refractivity contribution in [1.29, 1.82) is 0 Å². The van der Waals surface area contributed by atoms with Crippen LogP contribution in [0.4, 0.5) is 0 Å². The summed E-state index contributed by atoms with van der Waals surface area (Å²) in [5.74, 6) is 1.43. The molecule has 0 bridgehead atoms. The van der Waals surface area contributed by atoms with E-state index in [0.29, 0.717) is 5.92 Å². The average Bonchev–Trinajstić information content (AvgIpc) is 2.74. The Bertz CT molecular complexity index is 529. The topological polar surface area (TPSA) is 40.2 Å². The zero-order chi connectivity index (χ0) is 13.1. The van der Waals surface area contributed by atoms with Crippen LogP contribution in [0.15, 0.2) is 24.4 Å². The van der Waals surface area contributed by atoms with Crippen molar-refractivity contribution in [3.8, 4) is 5.75 Å². The molecule has 0 saturated carbocycles. The van der Waals surface area contributed by atoms with Crippen molar-refractivity contribution in [3.05, 3.63) is 30.0 Å². The van der Waals surface area contributed by atoms with Gasteiger partial charge in [-0.1, -0.05) is 13.8 Å². The number of benzene rings is 1. The molecule has 3 nitrogen and oxygen atoms in total. The highest BCUT2D eigenvalue weighted by Crippen LogP contribution is 2.30. The van der Waals surface area contributed by atoms with E-state index in [1.165, 1.54) is 16.5 Å². The first-order chi connectivity index (χ1) is 8.67. The number of methoxy groups -OCH3 is 1. The molecular weight excluding hydrogens is 224 g/mol. The second-order valence-corrected chi connectivity index (χ2v) is 4.96. The molecule has 1 aromatic heterocycles. The number of nitrogens with zero attached hydrogens (tertiary/aromatic N) is 1. The van der Waals surface area contributed by atoms with E-state index < -0.39 is 0 Å². The molecule has 98 valence electrons. The Hall–Kier alpha value is -1.48. The summed E-state index contributed by atoms with van der Waals surface area (Å²) in [5.41, 5.74) is 8.25. The maximum atomic E-state index is 5.60. The van der Waals surface area contributed by atoms with Crippen molar-refractivity contribution in [2.45, 2.75) is 32.7 Å². The van der Waals surface area contributed by atoms with Gasteiger partial charge in [0.05, 0.1) is 7.11 Å². The molecule has 0 unspecified atom stereocenters. The fourth-order valence-electron chi connectivity index (χ4n) is 2.34. The van der Waals surface area contributed by atoms with Crippen LogP contribution in [0.5, 0.6) is 5.75 Å². The fraction of sp³-hybridized carbons (Fsp3) is 0.467. The molecule has 2 N–H and O–H groups in total. The summed E-state index contributed by atoms with van der Waals surface area (Å²) in [6.45, 7) is 6.15. The third kappa shape index (κ3) is 2.36. The zero-order valence-electron chi connectivity index (χ0n) is 11.4. The van der Waals surface area contributed by atoms with Crippen LogP contribution in [-0.4, -0.2) is 18.2 Å². The molecule has 0 aliphatic carbocycles. The molecule has 0 aliphatic rings. The molecule has 1 aromatic carbocycles. The standard InChI is InChI=1S/C15H22N2O/c1-11(2)14-10-17(8-4-7-16)15-6-5-12(18-3)9-13(14)15/h5-6,9-11H,4,7-8,16H2,1-3H3. The summed E-state index contributed by atoms with van der Waals surface area (Å²) in [6.07, 6.45) is 3.26. The van der Waals surface area contributed by atoms with Crippen LogP contribution in [-0.2, 0) is 6.54 Å². The highest BCUT2D eigenvalue weighted by Gasteiger charge is 2.11. The smallest absolute Gasteiger partial charge is 0.119 e. The van der Waals surface area contributed by atoms with Crippen molar-refractivity contribution in [2.24, 2.45) is 5.73 Å². The molecule has 18 heavy (non-hydrogen) atoms. The number of rotatable bonds is 5. The fourth-order valence-corrected chi connectivity index (χ4v) is 2.34. The minimum atomic E-state index is 0.513. The molecule has 2 rings (SSSR count). The minimum absolute atomic E-state index is 0.513. The van der Waals surface area contributed by atoms with E-state index in [4.69, 9.17) is 10.5 Å². The van der Waals surface area contributed by atoms with Gasteiger partial charge in [-0.3, -0.25) is 0 Å². The Kier molecular flexibility index (Phi) is 3.92. The molecule has 0 saturated heterocycles. The summed E-state index contributed by atoms with van der Waals surface area (Å²) in [7, 11) is 1.71. The van der Waals surface area contributed by atoms with E-state index in [0.717, 1.165) is 25.3 Å². The van der Waals surface area contributed by atoms with Crippen LogP contribution in [0.3, 0.4) is 0 Å². The monoisotopic (exact) mass is 246 g/mol. The number of aromatic nitrogens is 1. The predicted octanol–water partition coefficient (Wildman–Crippen LogP) is 3.12. The second kappa shape index (κ2) is 5.44. The van der Waals surface area contributed by atoms with Crippen molar-refractivity contribution < 1.29 is 4.74 Å². The normalized spacial score (nSPS) is 11.4. The first-order valence-electron chi connectivity index (χ1n) is 6.54. The van der Waals surface area contributed by atoms with E-state index in [1.54, 1.807) is 7.11 Å². The minimum Gasteiger partial charge on any atom is -0.497 e. The molecule has 0 amide bonds. The number of nitrogens with two attached hydrogens (primary N) is 1. The van der Waals surface area contributed by atoms with Gasteiger partial charge in [-0.05, 0) is 42.6 Å². The Morgan fingerprint density at radius 3 is 2.72 bits per heavy atom. The molecule has 0 fully saturated rings. The van der Waals surface area contributed by atoms with Gasteiger partial charge in [-0.2, -0.15) is 0 Å². The Labute approximate surface area is 109 Å². The lowest BCUT2D eigenvalue weighted by Crippen LogP contribution is -2.04. The van der Waals surface area contributed by atoms with Gasteiger partial charge in [0.15, 0.2) is 0 Å². The highest BCUT2D eigenvalue weighted by molar-refractivity contribution is 5.86. The molecule has 0 atom stereocenters. The summed E-state index contributed by atoms with van der Waals surface area (Å²) in [4.78, 5) is 0.